The van der Waals surface area contributed by atoms with Gasteiger partial charge in [-0.15, -0.1) is 0 Å². The van der Waals surface area contributed by atoms with Crippen molar-refractivity contribution in [3.63, 3.8) is 0 Å². The highest BCUT2D eigenvalue weighted by Crippen LogP contribution is 2.38. The zero-order valence-electron chi connectivity index (χ0n) is 23.4. The Labute approximate surface area is 231 Å². The van der Waals surface area contributed by atoms with Crippen LogP contribution in [-0.4, -0.2) is 73.9 Å². The van der Waals surface area contributed by atoms with Gasteiger partial charge in [-0.05, 0) is 70.9 Å². The predicted octanol–water partition coefficient (Wildman–Crippen LogP) is 3.05. The molecule has 216 valence electrons. The van der Waals surface area contributed by atoms with Crippen molar-refractivity contribution in [2.45, 2.75) is 77.1 Å². The van der Waals surface area contributed by atoms with Gasteiger partial charge in [0.1, 0.15) is 0 Å². The fraction of sp³-hybridized carbons (Fsp3) is 0.720. The van der Waals surface area contributed by atoms with Gasteiger partial charge in [0.15, 0.2) is 0 Å². The highest BCUT2D eigenvalue weighted by atomic mass is 32.2. The molecule has 0 saturated carbocycles. The number of nitrogens with one attached hydrogen (secondary N) is 1. The Morgan fingerprint density at radius 1 is 1.26 bits per heavy atom. The lowest BCUT2D eigenvalue weighted by molar-refractivity contribution is -0.139. The van der Waals surface area contributed by atoms with E-state index in [4.69, 9.17) is 19.0 Å². The van der Waals surface area contributed by atoms with Crippen LogP contribution in [0.2, 0.25) is 6.32 Å². The van der Waals surface area contributed by atoms with Crippen LogP contribution in [0.15, 0.2) is 35.4 Å². The van der Waals surface area contributed by atoms with Gasteiger partial charge >= 0.3 is 23.4 Å². The molecule has 0 aromatic heterocycles. The molecule has 12 nitrogen and oxygen atoms in total. The highest BCUT2D eigenvalue weighted by Gasteiger charge is 2.50. The molecule has 3 atom stereocenters. The molecule has 1 aromatic rings. The molecule has 0 bridgehead atoms. The Balaban J connectivity index is 1.64. The molecule has 0 radical (unpaired) electrons. The number of nitrogens with zero attached hydrogens (tertiary/aromatic N) is 4. The molecule has 1 aromatic carbocycles. The predicted molar refractivity (Wildman–Crippen MR) is 146 cm³/mol. The van der Waals surface area contributed by atoms with E-state index in [1.807, 2.05) is 27.7 Å². The van der Waals surface area contributed by atoms with Crippen LogP contribution in [-0.2, 0) is 35.1 Å². The number of azide groups is 1. The summed E-state index contributed by atoms with van der Waals surface area (Å²) in [6.07, 6.45) is 2.07. The third-order valence-electron chi connectivity index (χ3n) is 7.66. The number of hydrogen-bond acceptors (Lipinski definition) is 9. The van der Waals surface area contributed by atoms with Crippen molar-refractivity contribution in [1.29, 1.82) is 0 Å². The molecule has 2 aliphatic rings. The topological polar surface area (TPSA) is 163 Å². The van der Waals surface area contributed by atoms with Gasteiger partial charge in [-0.1, -0.05) is 41.9 Å². The minimum atomic E-state index is -4.58. The van der Waals surface area contributed by atoms with E-state index in [9.17, 15) is 18.3 Å². The molecule has 3 unspecified atom stereocenters. The van der Waals surface area contributed by atoms with Crippen LogP contribution in [0, 0.1) is 11.8 Å². The first kappa shape index (κ1) is 31.3. The van der Waals surface area contributed by atoms with E-state index < -0.39 is 45.5 Å². The molecule has 0 amide bonds. The number of aliphatic hydroxyl groups is 1. The first-order valence-corrected chi connectivity index (χ1v) is 14.6. The molecular formula is C25H40BN5O7S. The summed E-state index contributed by atoms with van der Waals surface area (Å²) in [5.74, 6) is -1.58. The van der Waals surface area contributed by atoms with E-state index in [0.29, 0.717) is 31.4 Å². The van der Waals surface area contributed by atoms with Gasteiger partial charge < -0.3 is 23.9 Å². The largest absolute Gasteiger partial charge is 0.457 e. The van der Waals surface area contributed by atoms with Gasteiger partial charge in [-0.3, -0.25) is 4.79 Å². The summed E-state index contributed by atoms with van der Waals surface area (Å²) in [5, 5.41) is 17.2. The first-order chi connectivity index (χ1) is 18.2. The second-order valence-corrected chi connectivity index (χ2v) is 13.2. The second kappa shape index (κ2) is 12.5. The Bertz CT molecular complexity index is 1130. The average molecular weight is 566 g/mol. The molecular weight excluding hydrogens is 525 g/mol. The third-order valence-corrected chi connectivity index (χ3v) is 8.92. The first-order valence-electron chi connectivity index (χ1n) is 13.2. The van der Waals surface area contributed by atoms with Gasteiger partial charge in [-0.25, -0.2) is 0 Å². The Hall–Kier alpha value is -2.19. The lowest BCUT2D eigenvalue weighted by Gasteiger charge is -2.32. The van der Waals surface area contributed by atoms with Crippen LogP contribution < -0.4 is 5.32 Å². The van der Waals surface area contributed by atoms with Gasteiger partial charge in [0.05, 0.1) is 29.3 Å². The molecule has 2 N–H and O–H groups in total. The summed E-state index contributed by atoms with van der Waals surface area (Å²) in [6, 6.07) is 8.75. The molecule has 39 heavy (non-hydrogen) atoms. The van der Waals surface area contributed by atoms with Gasteiger partial charge in [-0.2, -0.15) is 12.7 Å². The van der Waals surface area contributed by atoms with E-state index in [2.05, 4.69) is 15.3 Å². The summed E-state index contributed by atoms with van der Waals surface area (Å²) < 4.78 is 44.7. The van der Waals surface area contributed by atoms with Crippen LogP contribution in [0.25, 0.3) is 10.4 Å². The molecule has 0 aliphatic carbocycles. The van der Waals surface area contributed by atoms with E-state index >= 15 is 0 Å². The molecule has 14 heteroatoms. The quantitative estimate of drug-likeness (QED) is 0.160. The maximum absolute atomic E-state index is 13.3. The van der Waals surface area contributed by atoms with Gasteiger partial charge in [0, 0.05) is 24.5 Å². The number of carbonyl (C=O) groups excluding carboxylic acids is 1. The van der Waals surface area contributed by atoms with Crippen LogP contribution in [0.4, 0.5) is 0 Å². The summed E-state index contributed by atoms with van der Waals surface area (Å²) in [5.41, 5.74) is 6.76. The standard InChI is InChI=1S/C25H40BN5O7S/c1-23(2)24(3,4)38-26(37-23)13-9-12-20-14-28-15-21(20)22(32)36-39(34,35)31(16-19-10-7-6-8-11-19)18-25(5,33)17-29-30-27/h6-8,10-11,20-21,28,33H,9,12-18H2,1-5H3. The van der Waals surface area contributed by atoms with Crippen molar-refractivity contribution in [3.05, 3.63) is 46.3 Å². The van der Waals surface area contributed by atoms with Gasteiger partial charge in [0.2, 0.25) is 0 Å². The van der Waals surface area contributed by atoms with E-state index in [1.54, 1.807) is 30.3 Å². The maximum atomic E-state index is 13.3. The third kappa shape index (κ3) is 8.40. The molecule has 2 aliphatic heterocycles. The SMILES string of the molecule is CC(O)(CN=[N+]=[N-])CN(Cc1ccccc1)S(=O)(=O)OC(=O)C1CNCC1CCCB1OC(C)(C)C(C)(C)O1. The molecule has 2 saturated heterocycles. The van der Waals surface area contributed by atoms with Crippen LogP contribution >= 0.6 is 0 Å². The smallest absolute Gasteiger partial charge is 0.403 e. The molecule has 2 heterocycles. The van der Waals surface area contributed by atoms with E-state index in [1.165, 1.54) is 6.92 Å². The number of carbonyl (C=O) groups is 1. The molecule has 2 fully saturated rings. The van der Waals surface area contributed by atoms with Crippen molar-refractivity contribution < 1.29 is 31.8 Å². The molecule has 3 rings (SSSR count). The van der Waals surface area contributed by atoms with Crippen molar-refractivity contribution >= 4 is 23.4 Å². The van der Waals surface area contributed by atoms with Gasteiger partial charge in [0.25, 0.3) is 0 Å². The fourth-order valence-corrected chi connectivity index (χ4v) is 5.96. The second-order valence-electron chi connectivity index (χ2n) is 11.6. The lowest BCUT2D eigenvalue weighted by Crippen LogP contribution is -2.46. The van der Waals surface area contributed by atoms with E-state index in [-0.39, 0.29) is 26.1 Å². The van der Waals surface area contributed by atoms with Crippen molar-refractivity contribution in [2.75, 3.05) is 26.2 Å². The van der Waals surface area contributed by atoms with E-state index in [0.717, 1.165) is 10.7 Å². The zero-order valence-corrected chi connectivity index (χ0v) is 24.2. The van der Waals surface area contributed by atoms with Crippen molar-refractivity contribution in [3.8, 4) is 0 Å². The average Bonchev–Trinajstić information content (AvgIpc) is 3.38. The Kier molecular flexibility index (Phi) is 10.1. The lowest BCUT2D eigenvalue weighted by atomic mass is 9.79. The summed E-state index contributed by atoms with van der Waals surface area (Å²) in [4.78, 5) is 15.7. The number of rotatable bonds is 13. The van der Waals surface area contributed by atoms with Crippen LogP contribution in [0.1, 0.15) is 53.0 Å². The number of hydrogen-bond donors (Lipinski definition) is 2. The van der Waals surface area contributed by atoms with Crippen LogP contribution in [0.5, 0.6) is 0 Å². The minimum Gasteiger partial charge on any atom is -0.403 e. The molecule has 0 spiro atoms. The monoisotopic (exact) mass is 565 g/mol. The minimum absolute atomic E-state index is 0.106. The number of benzene rings is 1. The van der Waals surface area contributed by atoms with Crippen LogP contribution in [0.3, 0.4) is 0 Å². The summed E-state index contributed by atoms with van der Waals surface area (Å²) >= 11 is 0. The zero-order chi connectivity index (χ0) is 28.9. The Morgan fingerprint density at radius 2 is 1.90 bits per heavy atom. The Morgan fingerprint density at radius 3 is 2.51 bits per heavy atom. The summed E-state index contributed by atoms with van der Waals surface area (Å²) in [7, 11) is -4.91. The normalized spacial score (nSPS) is 23.8. The fourth-order valence-electron chi connectivity index (χ4n) is 4.78. The van der Waals surface area contributed by atoms with Crippen molar-refractivity contribution in [1.82, 2.24) is 9.62 Å². The summed E-state index contributed by atoms with van der Waals surface area (Å²) in [6.45, 7) is 9.30. The maximum Gasteiger partial charge on any atom is 0.457 e. The highest BCUT2D eigenvalue weighted by molar-refractivity contribution is 7.84. The van der Waals surface area contributed by atoms with Crippen molar-refractivity contribution in [2.24, 2.45) is 17.0 Å².